The summed E-state index contributed by atoms with van der Waals surface area (Å²) in [4.78, 5) is 0.922. The maximum absolute atomic E-state index is 12.9. The van der Waals surface area contributed by atoms with Gasteiger partial charge in [0, 0.05) is 16.7 Å². The standard InChI is InChI=1S/C12H12FNS2/c13-10-2-1-3-11(6-10)16-8-12(14)9-4-5-15-7-9/h1-7,12H,8,14H2. The molecule has 0 fully saturated rings. The van der Waals surface area contributed by atoms with Crippen molar-refractivity contribution < 1.29 is 4.39 Å². The third-order valence-electron chi connectivity index (χ3n) is 2.20. The Kier molecular flexibility index (Phi) is 3.98. The summed E-state index contributed by atoms with van der Waals surface area (Å²) >= 11 is 3.22. The molecule has 1 atom stereocenters. The Bertz CT molecular complexity index is 442. The summed E-state index contributed by atoms with van der Waals surface area (Å²) in [5, 5.41) is 4.07. The second-order valence-electron chi connectivity index (χ2n) is 3.43. The Morgan fingerprint density at radius 1 is 1.38 bits per heavy atom. The van der Waals surface area contributed by atoms with Crippen molar-refractivity contribution in [3.05, 3.63) is 52.5 Å². The molecule has 1 unspecified atom stereocenters. The molecule has 0 aliphatic rings. The summed E-state index contributed by atoms with van der Waals surface area (Å²) in [6.07, 6.45) is 0. The van der Waals surface area contributed by atoms with E-state index in [4.69, 9.17) is 5.73 Å². The number of nitrogens with two attached hydrogens (primary N) is 1. The minimum atomic E-state index is -0.200. The Labute approximate surface area is 102 Å². The molecule has 0 aliphatic carbocycles. The molecule has 0 aliphatic heterocycles. The van der Waals surface area contributed by atoms with E-state index < -0.39 is 0 Å². The van der Waals surface area contributed by atoms with Gasteiger partial charge in [-0.2, -0.15) is 11.3 Å². The predicted octanol–water partition coefficient (Wildman–Crippen LogP) is 3.68. The van der Waals surface area contributed by atoms with Crippen molar-refractivity contribution in [1.82, 2.24) is 0 Å². The van der Waals surface area contributed by atoms with Crippen molar-refractivity contribution in [3.63, 3.8) is 0 Å². The second kappa shape index (κ2) is 5.48. The van der Waals surface area contributed by atoms with Gasteiger partial charge in [-0.05, 0) is 40.6 Å². The molecule has 2 rings (SSSR count). The fraction of sp³-hybridized carbons (Fsp3) is 0.167. The quantitative estimate of drug-likeness (QED) is 0.841. The largest absolute Gasteiger partial charge is 0.323 e. The Hall–Kier alpha value is -0.840. The molecule has 2 aromatic rings. The Morgan fingerprint density at radius 3 is 2.94 bits per heavy atom. The van der Waals surface area contributed by atoms with E-state index in [2.05, 4.69) is 5.38 Å². The van der Waals surface area contributed by atoms with E-state index in [1.807, 2.05) is 17.5 Å². The van der Waals surface area contributed by atoms with Crippen LogP contribution in [0.15, 0.2) is 46.0 Å². The first-order valence-electron chi connectivity index (χ1n) is 4.92. The van der Waals surface area contributed by atoms with Crippen molar-refractivity contribution >= 4 is 23.1 Å². The van der Waals surface area contributed by atoms with Crippen molar-refractivity contribution in [2.75, 3.05) is 5.75 Å². The van der Waals surface area contributed by atoms with Gasteiger partial charge in [-0.15, -0.1) is 11.8 Å². The summed E-state index contributed by atoms with van der Waals surface area (Å²) in [7, 11) is 0. The zero-order chi connectivity index (χ0) is 11.4. The van der Waals surface area contributed by atoms with Crippen LogP contribution in [0.3, 0.4) is 0 Å². The fourth-order valence-corrected chi connectivity index (χ4v) is 2.98. The van der Waals surface area contributed by atoms with Crippen LogP contribution in [0.1, 0.15) is 11.6 Å². The van der Waals surface area contributed by atoms with E-state index in [1.165, 1.54) is 12.1 Å². The average molecular weight is 253 g/mol. The van der Waals surface area contributed by atoms with Crippen LogP contribution < -0.4 is 5.73 Å². The third-order valence-corrected chi connectivity index (χ3v) is 4.01. The molecule has 1 aromatic heterocycles. The van der Waals surface area contributed by atoms with Crippen molar-refractivity contribution in [2.24, 2.45) is 5.73 Å². The highest BCUT2D eigenvalue weighted by atomic mass is 32.2. The number of thioether (sulfide) groups is 1. The number of thiophene rings is 1. The minimum absolute atomic E-state index is 0.0134. The average Bonchev–Trinajstić information content (AvgIpc) is 2.79. The molecular formula is C12H12FNS2. The number of benzene rings is 1. The number of halogens is 1. The van der Waals surface area contributed by atoms with Crippen molar-refractivity contribution in [1.29, 1.82) is 0 Å². The van der Waals surface area contributed by atoms with Gasteiger partial charge in [0.2, 0.25) is 0 Å². The van der Waals surface area contributed by atoms with Gasteiger partial charge < -0.3 is 5.73 Å². The number of hydrogen-bond donors (Lipinski definition) is 1. The monoisotopic (exact) mass is 253 g/mol. The molecule has 0 radical (unpaired) electrons. The molecule has 0 spiro atoms. The lowest BCUT2D eigenvalue weighted by atomic mass is 10.2. The molecule has 16 heavy (non-hydrogen) atoms. The SMILES string of the molecule is NC(CSc1cccc(F)c1)c1ccsc1. The van der Waals surface area contributed by atoms with Crippen LogP contribution in [0.2, 0.25) is 0 Å². The van der Waals surface area contributed by atoms with Crippen LogP contribution in [-0.4, -0.2) is 5.75 Å². The van der Waals surface area contributed by atoms with E-state index in [0.29, 0.717) is 0 Å². The molecule has 0 saturated heterocycles. The summed E-state index contributed by atoms with van der Waals surface area (Å²) in [5.41, 5.74) is 7.16. The first-order chi connectivity index (χ1) is 7.75. The summed E-state index contributed by atoms with van der Waals surface area (Å²) in [5.74, 6) is 0.564. The van der Waals surface area contributed by atoms with Crippen molar-refractivity contribution in [2.45, 2.75) is 10.9 Å². The lowest BCUT2D eigenvalue weighted by molar-refractivity contribution is 0.624. The molecular weight excluding hydrogens is 241 g/mol. The van der Waals surface area contributed by atoms with Gasteiger partial charge in [-0.25, -0.2) is 4.39 Å². The Balaban J connectivity index is 1.92. The van der Waals surface area contributed by atoms with Gasteiger partial charge in [0.25, 0.3) is 0 Å². The van der Waals surface area contributed by atoms with Crippen LogP contribution in [0.4, 0.5) is 4.39 Å². The van der Waals surface area contributed by atoms with E-state index >= 15 is 0 Å². The van der Waals surface area contributed by atoms with Crippen molar-refractivity contribution in [3.8, 4) is 0 Å². The predicted molar refractivity (Wildman–Crippen MR) is 68.4 cm³/mol. The molecule has 4 heteroatoms. The summed E-state index contributed by atoms with van der Waals surface area (Å²) in [6.45, 7) is 0. The summed E-state index contributed by atoms with van der Waals surface area (Å²) in [6, 6.07) is 8.64. The van der Waals surface area contributed by atoms with E-state index in [9.17, 15) is 4.39 Å². The normalized spacial score (nSPS) is 12.6. The zero-order valence-electron chi connectivity index (χ0n) is 8.60. The fourth-order valence-electron chi connectivity index (χ4n) is 1.32. The maximum Gasteiger partial charge on any atom is 0.124 e. The topological polar surface area (TPSA) is 26.0 Å². The molecule has 0 amide bonds. The van der Waals surface area contributed by atoms with Crippen LogP contribution in [0.5, 0.6) is 0 Å². The number of rotatable bonds is 4. The summed E-state index contributed by atoms with van der Waals surface area (Å²) < 4.78 is 12.9. The molecule has 0 bridgehead atoms. The highest BCUT2D eigenvalue weighted by Gasteiger charge is 2.07. The van der Waals surface area contributed by atoms with Gasteiger partial charge >= 0.3 is 0 Å². The van der Waals surface area contributed by atoms with Crippen LogP contribution in [0.25, 0.3) is 0 Å². The van der Waals surface area contributed by atoms with Crippen LogP contribution >= 0.6 is 23.1 Å². The highest BCUT2D eigenvalue weighted by molar-refractivity contribution is 7.99. The molecule has 1 nitrogen and oxygen atoms in total. The minimum Gasteiger partial charge on any atom is -0.323 e. The highest BCUT2D eigenvalue weighted by Crippen LogP contribution is 2.24. The molecule has 1 heterocycles. The molecule has 1 aromatic carbocycles. The lowest BCUT2D eigenvalue weighted by Gasteiger charge is -2.09. The van der Waals surface area contributed by atoms with Gasteiger partial charge in [0.1, 0.15) is 5.82 Å². The van der Waals surface area contributed by atoms with Gasteiger partial charge in [0.15, 0.2) is 0 Å². The van der Waals surface area contributed by atoms with Crippen LogP contribution in [-0.2, 0) is 0 Å². The lowest BCUT2D eigenvalue weighted by Crippen LogP contribution is -2.11. The maximum atomic E-state index is 12.9. The first-order valence-corrected chi connectivity index (χ1v) is 6.84. The second-order valence-corrected chi connectivity index (χ2v) is 5.31. The molecule has 84 valence electrons. The van der Waals surface area contributed by atoms with Gasteiger partial charge in [-0.1, -0.05) is 6.07 Å². The number of hydrogen-bond acceptors (Lipinski definition) is 3. The smallest absolute Gasteiger partial charge is 0.124 e. The van der Waals surface area contributed by atoms with Gasteiger partial charge in [0.05, 0.1) is 0 Å². The molecule has 0 saturated carbocycles. The first kappa shape index (κ1) is 11.6. The van der Waals surface area contributed by atoms with E-state index in [1.54, 1.807) is 29.2 Å². The Morgan fingerprint density at radius 2 is 2.25 bits per heavy atom. The van der Waals surface area contributed by atoms with Gasteiger partial charge in [-0.3, -0.25) is 0 Å². The van der Waals surface area contributed by atoms with Crippen LogP contribution in [0, 0.1) is 5.82 Å². The van der Waals surface area contributed by atoms with E-state index in [-0.39, 0.29) is 11.9 Å². The zero-order valence-corrected chi connectivity index (χ0v) is 10.2. The van der Waals surface area contributed by atoms with E-state index in [0.717, 1.165) is 16.2 Å². The molecule has 2 N–H and O–H groups in total. The third kappa shape index (κ3) is 3.07.